The van der Waals surface area contributed by atoms with Crippen LogP contribution in [0.2, 0.25) is 0 Å². The molecule has 1 fully saturated rings. The summed E-state index contributed by atoms with van der Waals surface area (Å²) in [4.78, 5) is 6.79. The van der Waals surface area contributed by atoms with Gasteiger partial charge in [0.05, 0.1) is 17.2 Å². The van der Waals surface area contributed by atoms with E-state index < -0.39 is 0 Å². The minimum atomic E-state index is 0.444. The second-order valence-electron chi connectivity index (χ2n) is 3.98. The van der Waals surface area contributed by atoms with E-state index in [0.717, 1.165) is 6.54 Å². The van der Waals surface area contributed by atoms with Crippen LogP contribution < -0.4 is 5.73 Å². The Balaban J connectivity index is 2.19. The Morgan fingerprint density at radius 1 is 1.71 bits per heavy atom. The molecule has 1 aromatic heterocycles. The Bertz CT molecular complexity index is 273. The number of aromatic nitrogens is 1. The Labute approximate surface area is 88.9 Å². The van der Waals surface area contributed by atoms with E-state index in [1.807, 2.05) is 5.51 Å². The molecular formula is C10H17N3S. The highest BCUT2D eigenvalue weighted by atomic mass is 32.1. The van der Waals surface area contributed by atoms with Crippen molar-refractivity contribution in [3.63, 3.8) is 0 Å². The minimum absolute atomic E-state index is 0.444. The first-order valence-electron chi connectivity index (χ1n) is 5.11. The zero-order valence-corrected chi connectivity index (χ0v) is 9.33. The van der Waals surface area contributed by atoms with Crippen LogP contribution in [0.15, 0.2) is 10.9 Å². The predicted molar refractivity (Wildman–Crippen MR) is 59.3 cm³/mol. The maximum Gasteiger partial charge on any atom is 0.0795 e. The highest BCUT2D eigenvalue weighted by Gasteiger charge is 2.30. The van der Waals surface area contributed by atoms with E-state index >= 15 is 0 Å². The predicted octanol–water partition coefficient (Wildman–Crippen LogP) is 1.48. The van der Waals surface area contributed by atoms with Crippen molar-refractivity contribution in [3.05, 3.63) is 16.6 Å². The number of likely N-dealkylation sites (tertiary alicyclic amines) is 1. The summed E-state index contributed by atoms with van der Waals surface area (Å²) in [6, 6.07) is 0.444. The van der Waals surface area contributed by atoms with Gasteiger partial charge in [0.2, 0.25) is 0 Å². The largest absolute Gasteiger partial charge is 0.330 e. The summed E-state index contributed by atoms with van der Waals surface area (Å²) in [5, 5.41) is 2.15. The molecule has 2 unspecified atom stereocenters. The van der Waals surface area contributed by atoms with Crippen molar-refractivity contribution in [1.29, 1.82) is 0 Å². The van der Waals surface area contributed by atoms with E-state index in [2.05, 4.69) is 22.3 Å². The van der Waals surface area contributed by atoms with Gasteiger partial charge in [-0.15, -0.1) is 11.3 Å². The van der Waals surface area contributed by atoms with Gasteiger partial charge in [0, 0.05) is 5.38 Å². The van der Waals surface area contributed by atoms with Gasteiger partial charge < -0.3 is 5.73 Å². The minimum Gasteiger partial charge on any atom is -0.330 e. The molecule has 2 atom stereocenters. The standard InChI is InChI=1S/C10H17N3S/c1-13-4-2-3-8(5-11)10(13)9-6-14-7-12-9/h6-8,10H,2-5,11H2,1H3. The molecule has 2 rings (SSSR count). The monoisotopic (exact) mass is 211 g/mol. The molecule has 0 aromatic carbocycles. The van der Waals surface area contributed by atoms with Crippen LogP contribution in [-0.2, 0) is 0 Å². The first kappa shape index (κ1) is 10.1. The number of piperidine rings is 1. The molecule has 3 nitrogen and oxygen atoms in total. The third-order valence-electron chi connectivity index (χ3n) is 3.06. The van der Waals surface area contributed by atoms with Gasteiger partial charge in [-0.2, -0.15) is 0 Å². The van der Waals surface area contributed by atoms with Crippen LogP contribution in [0.25, 0.3) is 0 Å². The topological polar surface area (TPSA) is 42.1 Å². The van der Waals surface area contributed by atoms with Crippen LogP contribution >= 0.6 is 11.3 Å². The Hall–Kier alpha value is -0.450. The molecule has 1 aliphatic heterocycles. The van der Waals surface area contributed by atoms with Crippen LogP contribution in [0.1, 0.15) is 24.6 Å². The van der Waals surface area contributed by atoms with Gasteiger partial charge in [-0.25, -0.2) is 4.98 Å². The van der Waals surface area contributed by atoms with Crippen molar-refractivity contribution < 1.29 is 0 Å². The van der Waals surface area contributed by atoms with Gasteiger partial charge in [0.15, 0.2) is 0 Å². The SMILES string of the molecule is CN1CCCC(CN)C1c1cscn1. The van der Waals surface area contributed by atoms with E-state index in [9.17, 15) is 0 Å². The number of hydrogen-bond donors (Lipinski definition) is 1. The molecule has 2 heterocycles. The molecule has 1 aliphatic rings. The first-order valence-corrected chi connectivity index (χ1v) is 6.05. The molecule has 0 aliphatic carbocycles. The van der Waals surface area contributed by atoms with Crippen molar-refractivity contribution in [3.8, 4) is 0 Å². The van der Waals surface area contributed by atoms with E-state index in [1.54, 1.807) is 11.3 Å². The normalized spacial score (nSPS) is 29.3. The lowest BCUT2D eigenvalue weighted by Gasteiger charge is -2.37. The van der Waals surface area contributed by atoms with Gasteiger partial charge in [-0.3, -0.25) is 4.90 Å². The molecule has 2 N–H and O–H groups in total. The zero-order chi connectivity index (χ0) is 9.97. The van der Waals surface area contributed by atoms with Gasteiger partial charge in [0.25, 0.3) is 0 Å². The molecule has 0 radical (unpaired) electrons. The zero-order valence-electron chi connectivity index (χ0n) is 8.52. The van der Waals surface area contributed by atoms with Crippen LogP contribution in [0, 0.1) is 5.92 Å². The molecular weight excluding hydrogens is 194 g/mol. The van der Waals surface area contributed by atoms with E-state index in [0.29, 0.717) is 12.0 Å². The fourth-order valence-corrected chi connectivity index (χ4v) is 2.92. The summed E-state index contributed by atoms with van der Waals surface area (Å²) in [5.74, 6) is 0.579. The molecule has 0 amide bonds. The summed E-state index contributed by atoms with van der Waals surface area (Å²) in [7, 11) is 2.17. The van der Waals surface area contributed by atoms with Gasteiger partial charge in [0.1, 0.15) is 0 Å². The average Bonchev–Trinajstić information content (AvgIpc) is 2.70. The number of nitrogens with zero attached hydrogens (tertiary/aromatic N) is 2. The number of thiazole rings is 1. The third-order valence-corrected chi connectivity index (χ3v) is 3.67. The van der Waals surface area contributed by atoms with Gasteiger partial charge in [-0.1, -0.05) is 0 Å². The van der Waals surface area contributed by atoms with Gasteiger partial charge in [-0.05, 0) is 38.9 Å². The maximum atomic E-state index is 5.81. The van der Waals surface area contributed by atoms with Crippen molar-refractivity contribution in [2.24, 2.45) is 11.7 Å². The second-order valence-corrected chi connectivity index (χ2v) is 4.70. The van der Waals surface area contributed by atoms with Crippen molar-refractivity contribution in [1.82, 2.24) is 9.88 Å². The Kier molecular flexibility index (Phi) is 3.15. The first-order chi connectivity index (χ1) is 6.83. The quantitative estimate of drug-likeness (QED) is 0.806. The van der Waals surface area contributed by atoms with Crippen LogP contribution in [-0.4, -0.2) is 30.0 Å². The summed E-state index contributed by atoms with van der Waals surface area (Å²) in [5.41, 5.74) is 8.92. The lowest BCUT2D eigenvalue weighted by atomic mass is 9.88. The van der Waals surface area contributed by atoms with E-state index in [4.69, 9.17) is 5.73 Å². The summed E-state index contributed by atoms with van der Waals surface area (Å²) in [6.45, 7) is 1.94. The van der Waals surface area contributed by atoms with Gasteiger partial charge >= 0.3 is 0 Å². The molecule has 0 spiro atoms. The van der Waals surface area contributed by atoms with Crippen LogP contribution in [0.4, 0.5) is 0 Å². The second kappa shape index (κ2) is 4.38. The molecule has 1 aromatic rings. The van der Waals surface area contributed by atoms with Crippen LogP contribution in [0.3, 0.4) is 0 Å². The van der Waals surface area contributed by atoms with Crippen molar-refractivity contribution in [2.75, 3.05) is 20.1 Å². The summed E-state index contributed by atoms with van der Waals surface area (Å²) < 4.78 is 0. The summed E-state index contributed by atoms with van der Waals surface area (Å²) >= 11 is 1.67. The highest BCUT2D eigenvalue weighted by Crippen LogP contribution is 2.33. The van der Waals surface area contributed by atoms with Crippen molar-refractivity contribution in [2.45, 2.75) is 18.9 Å². The maximum absolute atomic E-state index is 5.81. The highest BCUT2D eigenvalue weighted by molar-refractivity contribution is 7.07. The van der Waals surface area contributed by atoms with E-state index in [1.165, 1.54) is 25.1 Å². The number of nitrogens with two attached hydrogens (primary N) is 1. The third kappa shape index (κ3) is 1.82. The molecule has 0 saturated carbocycles. The lowest BCUT2D eigenvalue weighted by molar-refractivity contribution is 0.122. The Morgan fingerprint density at radius 2 is 2.57 bits per heavy atom. The lowest BCUT2D eigenvalue weighted by Crippen LogP contribution is -2.39. The Morgan fingerprint density at radius 3 is 3.21 bits per heavy atom. The molecule has 78 valence electrons. The fraction of sp³-hybridized carbons (Fsp3) is 0.700. The number of rotatable bonds is 2. The average molecular weight is 211 g/mol. The fourth-order valence-electron chi connectivity index (χ4n) is 2.34. The molecule has 1 saturated heterocycles. The smallest absolute Gasteiger partial charge is 0.0795 e. The molecule has 14 heavy (non-hydrogen) atoms. The molecule has 4 heteroatoms. The van der Waals surface area contributed by atoms with Crippen molar-refractivity contribution >= 4 is 11.3 Å². The molecule has 0 bridgehead atoms. The van der Waals surface area contributed by atoms with E-state index in [-0.39, 0.29) is 0 Å². The van der Waals surface area contributed by atoms with Crippen LogP contribution in [0.5, 0.6) is 0 Å². The number of hydrogen-bond acceptors (Lipinski definition) is 4. The summed E-state index contributed by atoms with van der Waals surface area (Å²) in [6.07, 6.45) is 2.50.